The first-order valence-corrected chi connectivity index (χ1v) is 11.2. The molecule has 174 valence electrons. The third-order valence-corrected chi connectivity index (χ3v) is 5.75. The van der Waals surface area contributed by atoms with Crippen LogP contribution in [0.4, 0.5) is 4.39 Å². The van der Waals surface area contributed by atoms with E-state index in [1.807, 2.05) is 42.5 Å². The number of benzene rings is 2. The Morgan fingerprint density at radius 1 is 1.06 bits per heavy atom. The molecule has 7 heteroatoms. The van der Waals surface area contributed by atoms with Crippen LogP contribution in [0.2, 0.25) is 0 Å². The molecule has 0 radical (unpaired) electrons. The Balaban J connectivity index is 1.40. The van der Waals surface area contributed by atoms with Crippen molar-refractivity contribution in [1.29, 1.82) is 0 Å². The SMILES string of the molecule is COc1ccc(CNCC(c2ccc(F)cc2)N2CCOCC2)cc1OCc1cccnc1. The second kappa shape index (κ2) is 11.7. The van der Waals surface area contributed by atoms with E-state index >= 15 is 0 Å². The molecule has 1 N–H and O–H groups in total. The van der Waals surface area contributed by atoms with Gasteiger partial charge in [0.2, 0.25) is 0 Å². The van der Waals surface area contributed by atoms with E-state index in [0.29, 0.717) is 37.9 Å². The normalized spacial score (nSPS) is 15.2. The molecule has 0 spiro atoms. The van der Waals surface area contributed by atoms with Crippen molar-refractivity contribution < 1.29 is 18.6 Å². The van der Waals surface area contributed by atoms with Gasteiger partial charge in [0.15, 0.2) is 11.5 Å². The van der Waals surface area contributed by atoms with Crippen LogP contribution in [0.25, 0.3) is 0 Å². The standard InChI is InChI=1S/C26H30FN3O3/c1-31-25-9-4-20(15-26(25)33-19-21-3-2-10-28-17-21)16-29-18-24(30-11-13-32-14-12-30)22-5-7-23(27)8-6-22/h2-10,15,17,24,29H,11-14,16,18-19H2,1H3. The molecule has 2 aromatic carbocycles. The number of pyridine rings is 1. The average molecular weight is 452 g/mol. The van der Waals surface area contributed by atoms with Gasteiger partial charge in [-0.3, -0.25) is 9.88 Å². The summed E-state index contributed by atoms with van der Waals surface area (Å²) in [6.07, 6.45) is 3.53. The van der Waals surface area contributed by atoms with Gasteiger partial charge in [0, 0.05) is 50.2 Å². The van der Waals surface area contributed by atoms with Crippen LogP contribution in [0.3, 0.4) is 0 Å². The van der Waals surface area contributed by atoms with Gasteiger partial charge in [0.05, 0.1) is 20.3 Å². The maximum absolute atomic E-state index is 13.5. The fourth-order valence-electron chi connectivity index (χ4n) is 3.97. The van der Waals surface area contributed by atoms with Crippen LogP contribution in [-0.4, -0.2) is 49.8 Å². The van der Waals surface area contributed by atoms with E-state index in [0.717, 1.165) is 36.3 Å². The van der Waals surface area contributed by atoms with Crippen LogP contribution >= 0.6 is 0 Å². The van der Waals surface area contributed by atoms with Gasteiger partial charge in [-0.2, -0.15) is 0 Å². The van der Waals surface area contributed by atoms with Gasteiger partial charge >= 0.3 is 0 Å². The summed E-state index contributed by atoms with van der Waals surface area (Å²) < 4.78 is 30.5. The first-order valence-electron chi connectivity index (χ1n) is 11.2. The number of hydrogen-bond donors (Lipinski definition) is 1. The zero-order valence-electron chi connectivity index (χ0n) is 18.9. The molecule has 1 unspecified atom stereocenters. The molecule has 1 fully saturated rings. The maximum Gasteiger partial charge on any atom is 0.161 e. The second-order valence-corrected chi connectivity index (χ2v) is 7.98. The highest BCUT2D eigenvalue weighted by atomic mass is 19.1. The van der Waals surface area contributed by atoms with Crippen LogP contribution in [0, 0.1) is 5.82 Å². The molecule has 1 saturated heterocycles. The van der Waals surface area contributed by atoms with E-state index in [-0.39, 0.29) is 11.9 Å². The van der Waals surface area contributed by atoms with Crippen LogP contribution in [0.5, 0.6) is 11.5 Å². The van der Waals surface area contributed by atoms with Crippen LogP contribution in [-0.2, 0) is 17.9 Å². The van der Waals surface area contributed by atoms with Gasteiger partial charge in [-0.05, 0) is 41.5 Å². The van der Waals surface area contributed by atoms with E-state index in [4.69, 9.17) is 14.2 Å². The molecule has 1 aliphatic rings. The largest absolute Gasteiger partial charge is 0.493 e. The summed E-state index contributed by atoms with van der Waals surface area (Å²) in [6, 6.07) is 16.8. The van der Waals surface area contributed by atoms with Crippen molar-refractivity contribution in [2.24, 2.45) is 0 Å². The Kier molecular flexibility index (Phi) is 8.24. The van der Waals surface area contributed by atoms with Gasteiger partial charge in [-0.15, -0.1) is 0 Å². The summed E-state index contributed by atoms with van der Waals surface area (Å²) in [7, 11) is 1.64. The second-order valence-electron chi connectivity index (χ2n) is 7.98. The molecule has 4 rings (SSSR count). The van der Waals surface area contributed by atoms with E-state index in [1.54, 1.807) is 19.5 Å². The number of halogens is 1. The lowest BCUT2D eigenvalue weighted by Gasteiger charge is -2.35. The fraction of sp³-hybridized carbons (Fsp3) is 0.346. The fourth-order valence-corrected chi connectivity index (χ4v) is 3.97. The van der Waals surface area contributed by atoms with Crippen molar-refractivity contribution in [3.8, 4) is 11.5 Å². The first-order chi connectivity index (χ1) is 16.2. The molecule has 6 nitrogen and oxygen atoms in total. The Bertz CT molecular complexity index is 995. The molecule has 1 atom stereocenters. The summed E-state index contributed by atoms with van der Waals surface area (Å²) in [5, 5.41) is 3.57. The minimum absolute atomic E-state index is 0.147. The number of ether oxygens (including phenoxy) is 3. The molecular weight excluding hydrogens is 421 g/mol. The lowest BCUT2D eigenvalue weighted by atomic mass is 10.0. The molecular formula is C26H30FN3O3. The first kappa shape index (κ1) is 23.2. The third-order valence-electron chi connectivity index (χ3n) is 5.75. The predicted octanol–water partition coefficient (Wildman–Crippen LogP) is 3.97. The lowest BCUT2D eigenvalue weighted by molar-refractivity contribution is 0.0161. The number of rotatable bonds is 10. The van der Waals surface area contributed by atoms with Gasteiger partial charge in [0.25, 0.3) is 0 Å². The maximum atomic E-state index is 13.5. The van der Waals surface area contributed by atoms with Crippen LogP contribution in [0.1, 0.15) is 22.7 Å². The number of hydrogen-bond acceptors (Lipinski definition) is 6. The smallest absolute Gasteiger partial charge is 0.161 e. The lowest BCUT2D eigenvalue weighted by Crippen LogP contribution is -2.42. The number of morpholine rings is 1. The average Bonchev–Trinajstić information content (AvgIpc) is 2.87. The zero-order chi connectivity index (χ0) is 22.9. The highest BCUT2D eigenvalue weighted by Gasteiger charge is 2.22. The van der Waals surface area contributed by atoms with E-state index < -0.39 is 0 Å². The van der Waals surface area contributed by atoms with Crippen molar-refractivity contribution in [2.75, 3.05) is 40.0 Å². The molecule has 1 aliphatic heterocycles. The molecule has 0 amide bonds. The third kappa shape index (κ3) is 6.51. The molecule has 0 aliphatic carbocycles. The Hall–Kier alpha value is -3.00. The van der Waals surface area contributed by atoms with Crippen molar-refractivity contribution in [2.45, 2.75) is 19.2 Å². The summed E-state index contributed by atoms with van der Waals surface area (Å²) in [5.41, 5.74) is 3.19. The number of nitrogens with zero attached hydrogens (tertiary/aromatic N) is 2. The van der Waals surface area contributed by atoms with Crippen molar-refractivity contribution in [3.63, 3.8) is 0 Å². The van der Waals surface area contributed by atoms with Crippen LogP contribution in [0.15, 0.2) is 67.0 Å². The molecule has 1 aromatic heterocycles. The van der Waals surface area contributed by atoms with Gasteiger partial charge in [-0.25, -0.2) is 4.39 Å². The molecule has 2 heterocycles. The number of nitrogens with one attached hydrogen (secondary N) is 1. The highest BCUT2D eigenvalue weighted by Crippen LogP contribution is 2.29. The molecule has 3 aromatic rings. The minimum Gasteiger partial charge on any atom is -0.493 e. The van der Waals surface area contributed by atoms with Gasteiger partial charge in [-0.1, -0.05) is 24.3 Å². The molecule has 0 saturated carbocycles. The Morgan fingerprint density at radius 2 is 1.88 bits per heavy atom. The summed E-state index contributed by atoms with van der Waals surface area (Å²) in [4.78, 5) is 6.52. The zero-order valence-corrected chi connectivity index (χ0v) is 18.9. The Morgan fingerprint density at radius 3 is 2.61 bits per heavy atom. The van der Waals surface area contributed by atoms with Crippen molar-refractivity contribution in [1.82, 2.24) is 15.2 Å². The van der Waals surface area contributed by atoms with Crippen LogP contribution < -0.4 is 14.8 Å². The monoisotopic (exact) mass is 451 g/mol. The van der Waals surface area contributed by atoms with E-state index in [9.17, 15) is 4.39 Å². The quantitative estimate of drug-likeness (QED) is 0.503. The highest BCUT2D eigenvalue weighted by molar-refractivity contribution is 5.43. The minimum atomic E-state index is -0.218. The van der Waals surface area contributed by atoms with E-state index in [1.165, 1.54) is 12.1 Å². The van der Waals surface area contributed by atoms with E-state index in [2.05, 4.69) is 15.2 Å². The van der Waals surface area contributed by atoms with Crippen molar-refractivity contribution in [3.05, 3.63) is 89.5 Å². The summed E-state index contributed by atoms with van der Waals surface area (Å²) >= 11 is 0. The predicted molar refractivity (Wildman–Crippen MR) is 125 cm³/mol. The molecule has 0 bridgehead atoms. The molecule has 33 heavy (non-hydrogen) atoms. The van der Waals surface area contributed by atoms with Crippen molar-refractivity contribution >= 4 is 0 Å². The number of aromatic nitrogens is 1. The number of methoxy groups -OCH3 is 1. The summed E-state index contributed by atoms with van der Waals surface area (Å²) in [5.74, 6) is 1.17. The summed E-state index contributed by atoms with van der Waals surface area (Å²) in [6.45, 7) is 4.99. The van der Waals surface area contributed by atoms with Gasteiger partial charge in [0.1, 0.15) is 12.4 Å². The van der Waals surface area contributed by atoms with Gasteiger partial charge < -0.3 is 19.5 Å². The topological polar surface area (TPSA) is 55.9 Å². The Labute approximate surface area is 194 Å².